The summed E-state index contributed by atoms with van der Waals surface area (Å²) in [5.74, 6) is 0.636. The topological polar surface area (TPSA) is 81.9 Å². The zero-order valence-electron chi connectivity index (χ0n) is 16.3. The Hall–Kier alpha value is -3.84. The maximum absolute atomic E-state index is 12.2. The highest BCUT2D eigenvalue weighted by molar-refractivity contribution is 6.32. The van der Waals surface area contributed by atoms with Crippen molar-refractivity contribution in [1.29, 1.82) is 0 Å². The molecular weight excluding hydrogens is 418 g/mol. The first-order valence-corrected chi connectivity index (χ1v) is 9.84. The smallest absolute Gasteiger partial charge is 0.262 e. The molecular formula is C23H18ClN3O4. The number of ether oxygens (including phenoxy) is 2. The van der Waals surface area contributed by atoms with Crippen LogP contribution in [0.4, 0.5) is 5.69 Å². The second kappa shape index (κ2) is 9.32. The van der Waals surface area contributed by atoms with E-state index >= 15 is 0 Å². The molecule has 1 amide bonds. The summed E-state index contributed by atoms with van der Waals surface area (Å²) in [5.41, 5.74) is 1.44. The van der Waals surface area contributed by atoms with Crippen molar-refractivity contribution in [2.75, 3.05) is 11.9 Å². The monoisotopic (exact) mass is 435 g/mol. The number of pyridine rings is 1. The van der Waals surface area contributed by atoms with Gasteiger partial charge in [0, 0.05) is 24.0 Å². The van der Waals surface area contributed by atoms with Gasteiger partial charge in [-0.2, -0.15) is 0 Å². The van der Waals surface area contributed by atoms with Gasteiger partial charge in [-0.25, -0.2) is 4.98 Å². The summed E-state index contributed by atoms with van der Waals surface area (Å²) in [6.07, 6.45) is 1.66. The van der Waals surface area contributed by atoms with Gasteiger partial charge in [0.15, 0.2) is 6.61 Å². The van der Waals surface area contributed by atoms with E-state index < -0.39 is 0 Å². The molecule has 31 heavy (non-hydrogen) atoms. The third-order valence-electron chi connectivity index (χ3n) is 4.32. The van der Waals surface area contributed by atoms with Gasteiger partial charge in [0.2, 0.25) is 0 Å². The predicted molar refractivity (Wildman–Crippen MR) is 118 cm³/mol. The number of carbonyl (C=O) groups is 1. The molecule has 0 aliphatic rings. The first-order chi connectivity index (χ1) is 15.1. The van der Waals surface area contributed by atoms with Crippen LogP contribution in [0.3, 0.4) is 0 Å². The van der Waals surface area contributed by atoms with Crippen LogP contribution in [0.2, 0.25) is 5.02 Å². The maximum atomic E-state index is 12.2. The molecule has 0 aliphatic carbocycles. The molecule has 0 fully saturated rings. The van der Waals surface area contributed by atoms with E-state index in [9.17, 15) is 9.59 Å². The number of anilines is 1. The van der Waals surface area contributed by atoms with Crippen molar-refractivity contribution in [3.63, 3.8) is 0 Å². The number of hydrogen-bond donors (Lipinski definition) is 1. The lowest BCUT2D eigenvalue weighted by atomic mass is 10.3. The molecule has 0 atom stereocenters. The van der Waals surface area contributed by atoms with E-state index in [1.54, 1.807) is 66.9 Å². The van der Waals surface area contributed by atoms with E-state index in [1.807, 2.05) is 6.07 Å². The fourth-order valence-corrected chi connectivity index (χ4v) is 3.09. The molecule has 7 nitrogen and oxygen atoms in total. The molecule has 0 aliphatic heterocycles. The Kier molecular flexibility index (Phi) is 6.14. The van der Waals surface area contributed by atoms with Crippen molar-refractivity contribution < 1.29 is 14.3 Å². The standard InChI is InChI=1S/C23H18ClN3O4/c24-19-8-1-2-9-20(19)31-15-22(28)26-16-6-5-7-18(12-16)30-14-17-13-23(29)27-11-4-3-10-21(27)25-17/h1-13H,14-15H2,(H,26,28). The minimum Gasteiger partial charge on any atom is -0.487 e. The number of nitrogens with zero attached hydrogens (tertiary/aromatic N) is 2. The molecule has 0 spiro atoms. The first kappa shape index (κ1) is 20.4. The van der Waals surface area contributed by atoms with Crippen LogP contribution in [0.25, 0.3) is 5.65 Å². The van der Waals surface area contributed by atoms with Crippen LogP contribution in [-0.4, -0.2) is 21.9 Å². The summed E-state index contributed by atoms with van der Waals surface area (Å²) in [5, 5.41) is 3.19. The highest BCUT2D eigenvalue weighted by Gasteiger charge is 2.08. The van der Waals surface area contributed by atoms with Crippen LogP contribution in [0, 0.1) is 0 Å². The van der Waals surface area contributed by atoms with E-state index in [0.29, 0.717) is 33.6 Å². The third-order valence-corrected chi connectivity index (χ3v) is 4.64. The lowest BCUT2D eigenvalue weighted by Gasteiger charge is -2.10. The number of nitrogens with one attached hydrogen (secondary N) is 1. The molecule has 4 aromatic rings. The maximum Gasteiger partial charge on any atom is 0.262 e. The van der Waals surface area contributed by atoms with Crippen LogP contribution in [-0.2, 0) is 11.4 Å². The van der Waals surface area contributed by atoms with Gasteiger partial charge in [-0.05, 0) is 36.4 Å². The number of benzene rings is 2. The van der Waals surface area contributed by atoms with Crippen molar-refractivity contribution in [3.05, 3.63) is 100 Å². The van der Waals surface area contributed by atoms with Crippen LogP contribution < -0.4 is 20.3 Å². The average Bonchev–Trinajstić information content (AvgIpc) is 2.77. The van der Waals surface area contributed by atoms with E-state index in [1.165, 1.54) is 10.5 Å². The summed E-state index contributed by atoms with van der Waals surface area (Å²) in [7, 11) is 0. The van der Waals surface area contributed by atoms with Gasteiger partial charge in [0.25, 0.3) is 11.5 Å². The summed E-state index contributed by atoms with van der Waals surface area (Å²) in [6, 6.07) is 20.6. The lowest BCUT2D eigenvalue weighted by molar-refractivity contribution is -0.118. The second-order valence-corrected chi connectivity index (χ2v) is 7.01. The van der Waals surface area contributed by atoms with Crippen LogP contribution in [0.15, 0.2) is 83.8 Å². The van der Waals surface area contributed by atoms with Crippen molar-refractivity contribution in [1.82, 2.24) is 9.38 Å². The Bertz CT molecular complexity index is 1290. The SMILES string of the molecule is O=C(COc1ccccc1Cl)Nc1cccc(OCc2cc(=O)n3ccccc3n2)c1. The number of amides is 1. The number of fused-ring (bicyclic) bond motifs is 1. The molecule has 8 heteroatoms. The van der Waals surface area contributed by atoms with E-state index in [-0.39, 0.29) is 24.7 Å². The second-order valence-electron chi connectivity index (χ2n) is 6.60. The van der Waals surface area contributed by atoms with Gasteiger partial charge >= 0.3 is 0 Å². The zero-order chi connectivity index (χ0) is 21.6. The van der Waals surface area contributed by atoms with Crippen LogP contribution >= 0.6 is 11.6 Å². The van der Waals surface area contributed by atoms with Gasteiger partial charge in [-0.15, -0.1) is 0 Å². The van der Waals surface area contributed by atoms with Gasteiger partial charge in [-0.3, -0.25) is 14.0 Å². The summed E-state index contributed by atoms with van der Waals surface area (Å²) in [4.78, 5) is 28.8. The molecule has 2 aromatic heterocycles. The van der Waals surface area contributed by atoms with Gasteiger partial charge in [0.1, 0.15) is 23.8 Å². The minimum atomic E-state index is -0.332. The molecule has 2 heterocycles. The van der Waals surface area contributed by atoms with Crippen molar-refractivity contribution in [3.8, 4) is 11.5 Å². The Morgan fingerprint density at radius 1 is 1.00 bits per heavy atom. The van der Waals surface area contributed by atoms with Crippen molar-refractivity contribution in [2.24, 2.45) is 0 Å². The molecule has 4 rings (SSSR count). The van der Waals surface area contributed by atoms with E-state index in [0.717, 1.165) is 0 Å². The molecule has 0 saturated carbocycles. The van der Waals surface area contributed by atoms with Gasteiger partial charge in [-0.1, -0.05) is 35.9 Å². The molecule has 156 valence electrons. The quantitative estimate of drug-likeness (QED) is 0.475. The highest BCUT2D eigenvalue weighted by Crippen LogP contribution is 2.23. The summed E-state index contributed by atoms with van der Waals surface area (Å²) in [6.45, 7) is -0.0621. The van der Waals surface area contributed by atoms with Gasteiger partial charge in [0.05, 0.1) is 10.7 Å². The van der Waals surface area contributed by atoms with Crippen molar-refractivity contribution >= 4 is 28.8 Å². The third kappa shape index (κ3) is 5.21. The number of halogens is 1. The molecule has 0 bridgehead atoms. The van der Waals surface area contributed by atoms with Crippen LogP contribution in [0.5, 0.6) is 11.5 Å². The Morgan fingerprint density at radius 2 is 1.84 bits per heavy atom. The van der Waals surface area contributed by atoms with E-state index in [4.69, 9.17) is 21.1 Å². The number of rotatable bonds is 7. The van der Waals surface area contributed by atoms with E-state index in [2.05, 4.69) is 10.3 Å². The lowest BCUT2D eigenvalue weighted by Crippen LogP contribution is -2.20. The first-order valence-electron chi connectivity index (χ1n) is 9.46. The van der Waals surface area contributed by atoms with Crippen LogP contribution in [0.1, 0.15) is 5.69 Å². The molecule has 0 radical (unpaired) electrons. The number of hydrogen-bond acceptors (Lipinski definition) is 5. The number of para-hydroxylation sites is 1. The normalized spacial score (nSPS) is 10.6. The molecule has 0 saturated heterocycles. The van der Waals surface area contributed by atoms with Gasteiger partial charge < -0.3 is 14.8 Å². The fraction of sp³-hybridized carbons (Fsp3) is 0.0870. The summed E-state index contributed by atoms with van der Waals surface area (Å²) < 4.78 is 12.7. The Balaban J connectivity index is 1.36. The molecule has 1 N–H and O–H groups in total. The Labute approximate surface area is 182 Å². The number of carbonyl (C=O) groups excluding carboxylic acids is 1. The fourth-order valence-electron chi connectivity index (χ4n) is 2.90. The Morgan fingerprint density at radius 3 is 2.71 bits per heavy atom. The number of aromatic nitrogens is 2. The largest absolute Gasteiger partial charge is 0.487 e. The van der Waals surface area contributed by atoms with Crippen molar-refractivity contribution in [2.45, 2.75) is 6.61 Å². The minimum absolute atomic E-state index is 0.119. The summed E-state index contributed by atoms with van der Waals surface area (Å²) >= 11 is 6.02. The highest BCUT2D eigenvalue weighted by atomic mass is 35.5. The molecule has 2 aromatic carbocycles. The zero-order valence-corrected chi connectivity index (χ0v) is 17.1. The molecule has 0 unspecified atom stereocenters. The average molecular weight is 436 g/mol. The predicted octanol–water partition coefficient (Wildman–Crippen LogP) is 3.94.